The number of hydrogen-bond donors (Lipinski definition) is 4. The molecule has 0 saturated heterocycles. The van der Waals surface area contributed by atoms with Crippen LogP contribution < -0.4 is 0 Å². The fourth-order valence-electron chi connectivity index (χ4n) is 0. The zero-order valence-electron chi connectivity index (χ0n) is 4.95. The van der Waals surface area contributed by atoms with Gasteiger partial charge in [-0.05, 0) is 0 Å². The van der Waals surface area contributed by atoms with Crippen molar-refractivity contribution in [2.75, 3.05) is 0 Å². The molecule has 0 atom stereocenters. The molecule has 0 saturated carbocycles. The predicted molar refractivity (Wildman–Crippen MR) is 38.3 cm³/mol. The maximum atomic E-state index is 8.74. The van der Waals surface area contributed by atoms with Gasteiger partial charge in [0.1, 0.15) is 0 Å². The average molecular weight is 426 g/mol. The molecule has 0 fully saturated rings. The first-order valence-corrected chi connectivity index (χ1v) is 4.19. The first kappa shape index (κ1) is 23.4. The van der Waals surface area contributed by atoms with Crippen LogP contribution in [0, 0.1) is 0 Å². The van der Waals surface area contributed by atoms with Gasteiger partial charge in [-0.3, -0.25) is 18.2 Å². The van der Waals surface area contributed by atoms with Crippen LogP contribution in [0.25, 0.3) is 0 Å². The Morgan fingerprint density at radius 1 is 0.667 bits per heavy atom. The van der Waals surface area contributed by atoms with E-state index in [0.29, 0.717) is 0 Å². The molecule has 12 heavy (non-hydrogen) atoms. The van der Waals surface area contributed by atoms with Gasteiger partial charge < -0.3 is 0 Å². The molecule has 0 aliphatic heterocycles. The van der Waals surface area contributed by atoms with Crippen LogP contribution in [0.1, 0.15) is 0 Å². The Hall–Kier alpha value is 1.53. The average Bonchev–Trinajstić information content (AvgIpc) is 1.12. The van der Waals surface area contributed by atoms with Crippen LogP contribution in [0.3, 0.4) is 0 Å². The van der Waals surface area contributed by atoms with Gasteiger partial charge in [-0.15, -0.1) is 0 Å². The quantitative estimate of drug-likeness (QED) is 0.246. The van der Waals surface area contributed by atoms with Crippen molar-refractivity contribution in [3.63, 3.8) is 0 Å². The SMILES string of the molecule is O=S(=O)(O)O.O=S(=O)(O)O.[Cd].[InH3]. The minimum absolute atomic E-state index is 0. The van der Waals surface area contributed by atoms with Crippen LogP contribution in [-0.4, -0.2) is 60.9 Å². The van der Waals surface area contributed by atoms with Crippen LogP contribution in [0.4, 0.5) is 0 Å². The summed E-state index contributed by atoms with van der Waals surface area (Å²) in [4.78, 5) is 0. The molecule has 0 rings (SSSR count). The van der Waals surface area contributed by atoms with Gasteiger partial charge in [0.05, 0.1) is 0 Å². The summed E-state index contributed by atoms with van der Waals surface area (Å²) in [5.74, 6) is 0. The van der Waals surface area contributed by atoms with Gasteiger partial charge in [-0.25, -0.2) is 0 Å². The fraction of sp³-hybridized carbons (Fsp3) is 0. The van der Waals surface area contributed by atoms with E-state index >= 15 is 0 Å². The van der Waals surface area contributed by atoms with E-state index in [1.807, 2.05) is 0 Å². The van der Waals surface area contributed by atoms with E-state index in [2.05, 4.69) is 0 Å². The standard InChI is InChI=1S/Cd.In.2H2O4S.3H/c;;2*1-5(2,3)4;;;/h;;2*(H2,1,2,3,4);;;. The predicted octanol–water partition coefficient (Wildman–Crippen LogP) is -2.49. The summed E-state index contributed by atoms with van der Waals surface area (Å²) < 4.78 is 63.2. The Kier molecular flexibility index (Phi) is 17.7. The molecule has 4 N–H and O–H groups in total. The molecule has 12 heteroatoms. The van der Waals surface area contributed by atoms with Gasteiger partial charge in [-0.1, -0.05) is 0 Å². The summed E-state index contributed by atoms with van der Waals surface area (Å²) in [6, 6.07) is 0. The van der Waals surface area contributed by atoms with E-state index < -0.39 is 20.8 Å². The van der Waals surface area contributed by atoms with Crippen molar-refractivity contribution < 1.29 is 62.3 Å². The Balaban J connectivity index is -0.0000000457. The Morgan fingerprint density at radius 2 is 0.667 bits per heavy atom. The van der Waals surface area contributed by atoms with Gasteiger partial charge in [0.15, 0.2) is 0 Å². The maximum absolute atomic E-state index is 8.74. The topological polar surface area (TPSA) is 149 Å². The summed E-state index contributed by atoms with van der Waals surface area (Å²) >= 11 is 0. The Labute approximate surface area is 108 Å². The van der Waals surface area contributed by atoms with E-state index in [0.717, 1.165) is 0 Å². The molecule has 0 aliphatic carbocycles. The molecule has 72 valence electrons. The molecule has 0 heterocycles. The van der Waals surface area contributed by atoms with Crippen molar-refractivity contribution >= 4 is 46.6 Å². The van der Waals surface area contributed by atoms with Gasteiger partial charge in [0, 0.05) is 27.3 Å². The van der Waals surface area contributed by atoms with E-state index in [4.69, 9.17) is 35.0 Å². The third-order valence-electron chi connectivity index (χ3n) is 0. The molecule has 0 unspecified atom stereocenters. The molecule has 0 aromatic rings. The van der Waals surface area contributed by atoms with Crippen LogP contribution in [0.5, 0.6) is 0 Å². The van der Waals surface area contributed by atoms with Gasteiger partial charge in [0.2, 0.25) is 0 Å². The summed E-state index contributed by atoms with van der Waals surface area (Å²) in [5, 5.41) is 0. The van der Waals surface area contributed by atoms with Crippen LogP contribution >= 0.6 is 0 Å². The van der Waals surface area contributed by atoms with Crippen molar-refractivity contribution in [2.45, 2.75) is 0 Å². The van der Waals surface area contributed by atoms with E-state index in [9.17, 15) is 0 Å². The third-order valence-corrected chi connectivity index (χ3v) is 0. The zero-order valence-corrected chi connectivity index (χ0v) is 10.6. The molecule has 0 aliphatic rings. The van der Waals surface area contributed by atoms with Crippen LogP contribution in [-0.2, 0) is 48.1 Å². The van der Waals surface area contributed by atoms with Gasteiger partial charge >= 0.3 is 46.6 Å². The van der Waals surface area contributed by atoms with Gasteiger partial charge in [0.25, 0.3) is 0 Å². The minimum atomic E-state index is -4.67. The van der Waals surface area contributed by atoms with Crippen molar-refractivity contribution in [3.8, 4) is 0 Å². The van der Waals surface area contributed by atoms with Crippen molar-refractivity contribution in [2.24, 2.45) is 0 Å². The first-order chi connectivity index (χ1) is 4.00. The molecular weight excluding hydrogens is 419 g/mol. The summed E-state index contributed by atoms with van der Waals surface area (Å²) in [6.07, 6.45) is 0. The first-order valence-electron chi connectivity index (χ1n) is 1.40. The van der Waals surface area contributed by atoms with Crippen molar-refractivity contribution in [1.29, 1.82) is 0 Å². The number of hydrogen-bond acceptors (Lipinski definition) is 4. The van der Waals surface area contributed by atoms with Crippen LogP contribution in [0.2, 0.25) is 0 Å². The second-order valence-electron chi connectivity index (χ2n) is 0.896. The molecule has 0 radical (unpaired) electrons. The third kappa shape index (κ3) is 545. The summed E-state index contributed by atoms with van der Waals surface area (Å²) in [6.45, 7) is 0. The van der Waals surface area contributed by atoms with E-state index in [1.54, 1.807) is 0 Å². The summed E-state index contributed by atoms with van der Waals surface area (Å²) in [5.41, 5.74) is 0. The van der Waals surface area contributed by atoms with E-state index in [-0.39, 0.29) is 53.1 Å². The van der Waals surface area contributed by atoms with Crippen molar-refractivity contribution in [1.82, 2.24) is 0 Å². The molecule has 0 aromatic carbocycles. The second-order valence-corrected chi connectivity index (χ2v) is 2.69. The molecule has 0 spiro atoms. The zero-order chi connectivity index (χ0) is 9.00. The molecular formula is H7CdInO8S2. The molecule has 0 bridgehead atoms. The summed E-state index contributed by atoms with van der Waals surface area (Å²) in [7, 11) is -9.33. The second kappa shape index (κ2) is 9.10. The number of rotatable bonds is 0. The molecule has 0 amide bonds. The Morgan fingerprint density at radius 3 is 0.667 bits per heavy atom. The van der Waals surface area contributed by atoms with E-state index in [1.165, 1.54) is 0 Å². The van der Waals surface area contributed by atoms with Gasteiger partial charge in [-0.2, -0.15) is 16.8 Å². The molecule has 8 nitrogen and oxygen atoms in total. The normalized spacial score (nSPS) is 9.67. The fourth-order valence-corrected chi connectivity index (χ4v) is 0. The monoisotopic (exact) mass is 428 g/mol. The van der Waals surface area contributed by atoms with Crippen molar-refractivity contribution in [3.05, 3.63) is 0 Å². The van der Waals surface area contributed by atoms with Crippen LogP contribution in [0.15, 0.2) is 0 Å². The molecule has 0 aromatic heterocycles. The Bertz CT molecular complexity index is 213.